The highest BCUT2D eigenvalue weighted by Crippen LogP contribution is 2.35. The van der Waals surface area contributed by atoms with E-state index in [0.29, 0.717) is 12.5 Å². The van der Waals surface area contributed by atoms with Gasteiger partial charge >= 0.3 is 5.97 Å². The number of carbonyl (C=O) groups is 2. The number of amides is 1. The summed E-state index contributed by atoms with van der Waals surface area (Å²) in [5.41, 5.74) is -0.364. The van der Waals surface area contributed by atoms with Gasteiger partial charge in [0, 0.05) is 18.7 Å². The molecule has 1 saturated heterocycles. The van der Waals surface area contributed by atoms with Gasteiger partial charge < -0.3 is 9.64 Å². The number of piperidine rings is 1. The first-order valence-electron chi connectivity index (χ1n) is 8.88. The van der Waals surface area contributed by atoms with E-state index < -0.39 is 10.9 Å². The van der Waals surface area contributed by atoms with Crippen molar-refractivity contribution in [2.24, 2.45) is 5.92 Å². The Labute approximate surface area is 156 Å². The Balaban J connectivity index is 1.61. The minimum absolute atomic E-state index is 0.00286. The fraction of sp³-hybridized carbons (Fsp3) is 0.556. The van der Waals surface area contributed by atoms with Gasteiger partial charge in [-0.05, 0) is 43.7 Å². The molecule has 0 radical (unpaired) electrons. The van der Waals surface area contributed by atoms with Gasteiger partial charge in [-0.3, -0.25) is 14.9 Å². The number of carbonyl (C=O) groups excluding carboxylic acids is 2. The van der Waals surface area contributed by atoms with Gasteiger partial charge in [0.2, 0.25) is 0 Å². The molecule has 1 aromatic carbocycles. The van der Waals surface area contributed by atoms with Crippen molar-refractivity contribution in [2.75, 3.05) is 13.2 Å². The highest BCUT2D eigenvalue weighted by molar-refractivity contribution is 6.32. The van der Waals surface area contributed by atoms with Crippen LogP contribution in [0.1, 0.15) is 48.9 Å². The van der Waals surface area contributed by atoms with Crippen molar-refractivity contribution in [2.45, 2.75) is 44.6 Å². The molecule has 1 aromatic rings. The van der Waals surface area contributed by atoms with Crippen LogP contribution >= 0.6 is 11.6 Å². The van der Waals surface area contributed by atoms with E-state index in [1.807, 2.05) is 4.90 Å². The van der Waals surface area contributed by atoms with Crippen LogP contribution in [0.2, 0.25) is 5.02 Å². The van der Waals surface area contributed by atoms with Crippen molar-refractivity contribution >= 4 is 29.2 Å². The second kappa shape index (κ2) is 8.03. The maximum absolute atomic E-state index is 12.5. The Morgan fingerprint density at radius 2 is 1.96 bits per heavy atom. The van der Waals surface area contributed by atoms with Crippen LogP contribution in [0.4, 0.5) is 5.69 Å². The maximum atomic E-state index is 12.5. The molecule has 1 aliphatic heterocycles. The second-order valence-electron chi connectivity index (χ2n) is 6.84. The molecule has 3 rings (SSSR count). The van der Waals surface area contributed by atoms with Crippen LogP contribution in [0, 0.1) is 16.0 Å². The molecule has 1 heterocycles. The molecule has 0 N–H and O–H groups in total. The predicted molar refractivity (Wildman–Crippen MR) is 95.1 cm³/mol. The summed E-state index contributed by atoms with van der Waals surface area (Å²) in [5, 5.41) is 10.9. The summed E-state index contributed by atoms with van der Waals surface area (Å²) in [5.74, 6) is -0.412. The summed E-state index contributed by atoms with van der Waals surface area (Å²) < 4.78 is 5.10. The second-order valence-corrected chi connectivity index (χ2v) is 7.25. The highest BCUT2D eigenvalue weighted by Gasteiger charge is 2.35. The lowest BCUT2D eigenvalue weighted by Crippen LogP contribution is -2.50. The topological polar surface area (TPSA) is 89.8 Å². The van der Waals surface area contributed by atoms with E-state index in [9.17, 15) is 19.7 Å². The molecular formula is C18H21ClN2O5. The van der Waals surface area contributed by atoms with Crippen molar-refractivity contribution in [3.05, 3.63) is 38.9 Å². The lowest BCUT2D eigenvalue weighted by atomic mass is 9.78. The molecule has 2 atom stereocenters. The number of halogens is 1. The Bertz CT molecular complexity index is 722. The van der Waals surface area contributed by atoms with Crippen molar-refractivity contribution in [1.29, 1.82) is 0 Å². The number of benzene rings is 1. The van der Waals surface area contributed by atoms with Gasteiger partial charge in [0.15, 0.2) is 6.61 Å². The van der Waals surface area contributed by atoms with Gasteiger partial charge in [-0.15, -0.1) is 0 Å². The number of rotatable bonds is 4. The van der Waals surface area contributed by atoms with E-state index in [-0.39, 0.29) is 34.8 Å². The van der Waals surface area contributed by atoms with Gasteiger partial charge in [0.25, 0.3) is 11.6 Å². The number of esters is 1. The first kappa shape index (κ1) is 18.6. The van der Waals surface area contributed by atoms with Gasteiger partial charge in [0.05, 0.1) is 10.5 Å². The Hall–Kier alpha value is -2.15. The minimum atomic E-state index is -0.768. The van der Waals surface area contributed by atoms with Crippen LogP contribution < -0.4 is 0 Å². The minimum Gasteiger partial charge on any atom is -0.452 e. The fourth-order valence-electron chi connectivity index (χ4n) is 4.01. The quantitative estimate of drug-likeness (QED) is 0.452. The lowest BCUT2D eigenvalue weighted by molar-refractivity contribution is -0.384. The number of fused-ring (bicyclic) bond motifs is 1. The van der Waals surface area contributed by atoms with Gasteiger partial charge in [-0.2, -0.15) is 0 Å². The standard InChI is InChI=1S/C18H21ClN2O5/c19-14-8-7-13(10-16(14)21(24)25)18(23)26-11-17(22)20-9-3-5-12-4-1-2-6-15(12)20/h7-8,10,12,15H,1-6,9,11H2/t12-,15-/m1/s1. The molecule has 1 saturated carbocycles. The summed E-state index contributed by atoms with van der Waals surface area (Å²) >= 11 is 5.74. The zero-order valence-electron chi connectivity index (χ0n) is 14.4. The van der Waals surface area contributed by atoms with E-state index in [2.05, 4.69) is 0 Å². The fourth-order valence-corrected chi connectivity index (χ4v) is 4.19. The van der Waals surface area contributed by atoms with Crippen molar-refractivity contribution in [3.8, 4) is 0 Å². The zero-order chi connectivity index (χ0) is 18.7. The molecule has 0 bridgehead atoms. The van der Waals surface area contributed by atoms with E-state index >= 15 is 0 Å². The Morgan fingerprint density at radius 3 is 2.73 bits per heavy atom. The Kier molecular flexibility index (Phi) is 5.76. The average Bonchev–Trinajstić information content (AvgIpc) is 2.65. The average molecular weight is 381 g/mol. The number of nitrogens with zero attached hydrogens (tertiary/aromatic N) is 2. The summed E-state index contributed by atoms with van der Waals surface area (Å²) in [4.78, 5) is 36.8. The Morgan fingerprint density at radius 1 is 1.23 bits per heavy atom. The molecule has 2 fully saturated rings. The third-order valence-electron chi connectivity index (χ3n) is 5.27. The molecule has 0 aromatic heterocycles. The molecule has 26 heavy (non-hydrogen) atoms. The monoisotopic (exact) mass is 380 g/mol. The molecule has 8 heteroatoms. The first-order chi connectivity index (χ1) is 12.5. The van der Waals surface area contributed by atoms with E-state index in [4.69, 9.17) is 16.3 Å². The number of likely N-dealkylation sites (tertiary alicyclic amines) is 1. The van der Waals surface area contributed by atoms with Crippen molar-refractivity contribution in [3.63, 3.8) is 0 Å². The summed E-state index contributed by atoms with van der Waals surface area (Å²) in [6, 6.07) is 3.93. The maximum Gasteiger partial charge on any atom is 0.338 e. The summed E-state index contributed by atoms with van der Waals surface area (Å²) in [6.07, 6.45) is 6.63. The third kappa shape index (κ3) is 3.98. The normalized spacial score (nSPS) is 22.4. The van der Waals surface area contributed by atoms with E-state index in [0.717, 1.165) is 38.2 Å². The number of hydrogen-bond acceptors (Lipinski definition) is 5. The molecule has 0 unspecified atom stereocenters. The van der Waals surface area contributed by atoms with Crippen LogP contribution in [-0.4, -0.2) is 40.9 Å². The van der Waals surface area contributed by atoms with E-state index in [1.165, 1.54) is 18.6 Å². The van der Waals surface area contributed by atoms with E-state index in [1.54, 1.807) is 0 Å². The summed E-state index contributed by atoms with van der Waals surface area (Å²) in [7, 11) is 0. The largest absolute Gasteiger partial charge is 0.452 e. The highest BCUT2D eigenvalue weighted by atomic mass is 35.5. The third-order valence-corrected chi connectivity index (χ3v) is 5.59. The number of nitro groups is 1. The number of nitro benzene ring substituents is 1. The molecule has 7 nitrogen and oxygen atoms in total. The molecule has 140 valence electrons. The zero-order valence-corrected chi connectivity index (χ0v) is 15.1. The number of hydrogen-bond donors (Lipinski definition) is 0. The predicted octanol–water partition coefficient (Wildman–Crippen LogP) is 3.59. The van der Waals surface area contributed by atoms with Crippen LogP contribution in [-0.2, 0) is 9.53 Å². The van der Waals surface area contributed by atoms with Crippen LogP contribution in [0.5, 0.6) is 0 Å². The van der Waals surface area contributed by atoms with Crippen molar-refractivity contribution < 1.29 is 19.2 Å². The molecule has 0 spiro atoms. The van der Waals surface area contributed by atoms with Gasteiger partial charge in [-0.25, -0.2) is 4.79 Å². The van der Waals surface area contributed by atoms with Crippen LogP contribution in [0.3, 0.4) is 0 Å². The van der Waals surface area contributed by atoms with Crippen LogP contribution in [0.15, 0.2) is 18.2 Å². The lowest BCUT2D eigenvalue weighted by Gasteiger charge is -2.44. The summed E-state index contributed by atoms with van der Waals surface area (Å²) in [6.45, 7) is 0.350. The smallest absolute Gasteiger partial charge is 0.338 e. The molecule has 2 aliphatic rings. The van der Waals surface area contributed by atoms with Gasteiger partial charge in [0.1, 0.15) is 5.02 Å². The SMILES string of the molecule is O=C(OCC(=O)N1CCC[C@H]2CCCC[C@H]21)c1ccc(Cl)c([N+](=O)[O-])c1. The number of ether oxygens (including phenoxy) is 1. The van der Waals surface area contributed by atoms with Crippen molar-refractivity contribution in [1.82, 2.24) is 4.90 Å². The molecule has 1 amide bonds. The first-order valence-corrected chi connectivity index (χ1v) is 9.25. The molecular weight excluding hydrogens is 360 g/mol. The molecule has 1 aliphatic carbocycles. The van der Waals surface area contributed by atoms with Gasteiger partial charge in [-0.1, -0.05) is 24.4 Å². The van der Waals surface area contributed by atoms with Crippen LogP contribution in [0.25, 0.3) is 0 Å².